The Kier molecular flexibility index (Phi) is 2.77. The van der Waals surface area contributed by atoms with Crippen LogP contribution in [0.15, 0.2) is 12.2 Å². The highest BCUT2D eigenvalue weighted by Gasteiger charge is 2.48. The number of aliphatic hydroxyl groups is 1. The van der Waals surface area contributed by atoms with Gasteiger partial charge in [-0.25, -0.2) is 4.79 Å². The molecule has 0 aromatic rings. The van der Waals surface area contributed by atoms with Gasteiger partial charge < -0.3 is 19.3 Å². The molecule has 0 aromatic carbocycles. The number of ether oxygens (including phenoxy) is 3. The average molecular weight is 214 g/mol. The van der Waals surface area contributed by atoms with Gasteiger partial charge in [-0.15, -0.1) is 0 Å². The Morgan fingerprint density at radius 1 is 1.40 bits per heavy atom. The highest BCUT2D eigenvalue weighted by atomic mass is 16.6. The molecule has 1 N–H and O–H groups in total. The molecular weight excluding hydrogens is 200 g/mol. The van der Waals surface area contributed by atoms with Gasteiger partial charge >= 0.3 is 5.97 Å². The van der Waals surface area contributed by atoms with Crippen LogP contribution in [0.1, 0.15) is 6.92 Å². The minimum Gasteiger partial charge on any atom is -0.454 e. The first kappa shape index (κ1) is 10.6. The van der Waals surface area contributed by atoms with Crippen LogP contribution in [0.5, 0.6) is 0 Å². The Balaban J connectivity index is 1.95. The van der Waals surface area contributed by atoms with Crippen molar-refractivity contribution in [3.8, 4) is 0 Å². The van der Waals surface area contributed by atoms with Crippen LogP contribution in [-0.4, -0.2) is 48.7 Å². The fourth-order valence-corrected chi connectivity index (χ4v) is 1.78. The van der Waals surface area contributed by atoms with Crippen molar-refractivity contribution in [2.75, 3.05) is 13.2 Å². The third kappa shape index (κ3) is 1.90. The Labute approximate surface area is 87.6 Å². The van der Waals surface area contributed by atoms with E-state index >= 15 is 0 Å². The number of hydrogen-bond acceptors (Lipinski definition) is 5. The first-order valence-electron chi connectivity index (χ1n) is 4.87. The van der Waals surface area contributed by atoms with E-state index in [0.29, 0.717) is 5.57 Å². The fourth-order valence-electron chi connectivity index (χ4n) is 1.78. The molecular formula is C10H14O5. The van der Waals surface area contributed by atoms with Crippen molar-refractivity contribution < 1.29 is 24.1 Å². The van der Waals surface area contributed by atoms with Crippen LogP contribution in [-0.2, 0) is 19.0 Å². The van der Waals surface area contributed by atoms with Crippen LogP contribution in [0, 0.1) is 0 Å². The number of esters is 1. The summed E-state index contributed by atoms with van der Waals surface area (Å²) in [5.74, 6) is -0.450. The van der Waals surface area contributed by atoms with E-state index in [4.69, 9.17) is 14.2 Å². The zero-order valence-electron chi connectivity index (χ0n) is 8.51. The smallest absolute Gasteiger partial charge is 0.333 e. The number of rotatable bonds is 2. The molecule has 0 saturated carbocycles. The van der Waals surface area contributed by atoms with Gasteiger partial charge in [-0.1, -0.05) is 6.58 Å². The van der Waals surface area contributed by atoms with E-state index < -0.39 is 18.2 Å². The summed E-state index contributed by atoms with van der Waals surface area (Å²) in [5, 5.41) is 9.45. The summed E-state index contributed by atoms with van der Waals surface area (Å²) in [4.78, 5) is 11.3. The largest absolute Gasteiger partial charge is 0.454 e. The lowest BCUT2D eigenvalue weighted by atomic mass is 10.1. The molecule has 0 aromatic heterocycles. The maximum absolute atomic E-state index is 11.3. The molecule has 84 valence electrons. The molecule has 0 amide bonds. The predicted octanol–water partition coefficient (Wildman–Crippen LogP) is -0.367. The van der Waals surface area contributed by atoms with Crippen molar-refractivity contribution in [2.45, 2.75) is 31.3 Å². The lowest BCUT2D eigenvalue weighted by Crippen LogP contribution is -2.34. The van der Waals surface area contributed by atoms with Gasteiger partial charge in [-0.3, -0.25) is 0 Å². The highest BCUT2D eigenvalue weighted by molar-refractivity contribution is 5.87. The predicted molar refractivity (Wildman–Crippen MR) is 50.2 cm³/mol. The van der Waals surface area contributed by atoms with Crippen molar-refractivity contribution in [3.63, 3.8) is 0 Å². The molecule has 2 fully saturated rings. The first-order chi connectivity index (χ1) is 7.09. The molecule has 0 unspecified atom stereocenters. The van der Waals surface area contributed by atoms with Crippen molar-refractivity contribution in [1.82, 2.24) is 0 Å². The Morgan fingerprint density at radius 3 is 2.73 bits per heavy atom. The summed E-state index contributed by atoms with van der Waals surface area (Å²) in [6.07, 6.45) is -1.77. The van der Waals surface area contributed by atoms with Crippen LogP contribution in [0.3, 0.4) is 0 Å². The summed E-state index contributed by atoms with van der Waals surface area (Å²) in [6.45, 7) is 5.58. The molecule has 2 heterocycles. The third-order valence-electron chi connectivity index (χ3n) is 2.59. The van der Waals surface area contributed by atoms with Gasteiger partial charge in [0, 0.05) is 5.57 Å². The maximum atomic E-state index is 11.3. The van der Waals surface area contributed by atoms with Gasteiger partial charge in [-0.05, 0) is 6.92 Å². The second kappa shape index (κ2) is 3.92. The second-order valence-corrected chi connectivity index (χ2v) is 3.89. The molecule has 15 heavy (non-hydrogen) atoms. The van der Waals surface area contributed by atoms with Gasteiger partial charge in [0.2, 0.25) is 0 Å². The summed E-state index contributed by atoms with van der Waals surface area (Å²) in [7, 11) is 0. The molecule has 0 aliphatic carbocycles. The molecule has 0 spiro atoms. The summed E-state index contributed by atoms with van der Waals surface area (Å²) in [5.41, 5.74) is 0.344. The number of aliphatic hydroxyl groups excluding tert-OH is 1. The van der Waals surface area contributed by atoms with E-state index in [1.54, 1.807) is 6.92 Å². The SMILES string of the molecule is C=C(C)C(=O)O[C@@H]1CO[C@H]2[C@@H]1OC[C@H]2O. The molecule has 2 aliphatic heterocycles. The van der Waals surface area contributed by atoms with Crippen molar-refractivity contribution in [1.29, 1.82) is 0 Å². The Morgan fingerprint density at radius 2 is 2.07 bits per heavy atom. The average Bonchev–Trinajstić information content (AvgIpc) is 2.71. The number of fused-ring (bicyclic) bond motifs is 1. The number of carbonyl (C=O) groups excluding carboxylic acids is 1. The summed E-state index contributed by atoms with van der Waals surface area (Å²) >= 11 is 0. The van der Waals surface area contributed by atoms with Gasteiger partial charge in [0.15, 0.2) is 6.10 Å². The maximum Gasteiger partial charge on any atom is 0.333 e. The monoisotopic (exact) mass is 214 g/mol. The van der Waals surface area contributed by atoms with Crippen LogP contribution in [0.25, 0.3) is 0 Å². The van der Waals surface area contributed by atoms with Crippen LogP contribution < -0.4 is 0 Å². The van der Waals surface area contributed by atoms with Crippen molar-refractivity contribution in [3.05, 3.63) is 12.2 Å². The van der Waals surface area contributed by atoms with Gasteiger partial charge in [-0.2, -0.15) is 0 Å². The standard InChI is InChI=1S/C10H14O5/c1-5(2)10(12)15-7-4-14-8-6(11)3-13-9(7)8/h6-9,11H,1,3-4H2,2H3/t6-,7-,8-,9-/m1/s1. The van der Waals surface area contributed by atoms with Crippen molar-refractivity contribution >= 4 is 5.97 Å². The van der Waals surface area contributed by atoms with Gasteiger partial charge in [0.05, 0.1) is 13.2 Å². The summed E-state index contributed by atoms with van der Waals surface area (Å²) in [6, 6.07) is 0. The highest BCUT2D eigenvalue weighted by Crippen LogP contribution is 2.28. The Bertz CT molecular complexity index is 288. The van der Waals surface area contributed by atoms with Crippen LogP contribution >= 0.6 is 0 Å². The van der Waals surface area contributed by atoms with E-state index in [1.807, 2.05) is 0 Å². The quantitative estimate of drug-likeness (QED) is 0.502. The third-order valence-corrected chi connectivity index (χ3v) is 2.59. The normalized spacial score (nSPS) is 38.8. The summed E-state index contributed by atoms with van der Waals surface area (Å²) < 4.78 is 15.7. The van der Waals surface area contributed by atoms with E-state index in [1.165, 1.54) is 0 Å². The van der Waals surface area contributed by atoms with Gasteiger partial charge in [0.25, 0.3) is 0 Å². The number of carbonyl (C=O) groups is 1. The first-order valence-corrected chi connectivity index (χ1v) is 4.87. The minimum atomic E-state index is -0.622. The zero-order chi connectivity index (χ0) is 11.0. The molecule has 2 rings (SSSR count). The van der Waals surface area contributed by atoms with E-state index in [-0.39, 0.29) is 25.4 Å². The topological polar surface area (TPSA) is 65.0 Å². The van der Waals surface area contributed by atoms with E-state index in [0.717, 1.165) is 0 Å². The second-order valence-electron chi connectivity index (χ2n) is 3.89. The lowest BCUT2D eigenvalue weighted by Gasteiger charge is -2.16. The fraction of sp³-hybridized carbons (Fsp3) is 0.700. The lowest BCUT2D eigenvalue weighted by molar-refractivity contribution is -0.148. The van der Waals surface area contributed by atoms with E-state index in [9.17, 15) is 9.90 Å². The van der Waals surface area contributed by atoms with Crippen LogP contribution in [0.4, 0.5) is 0 Å². The molecule has 0 radical (unpaired) electrons. The van der Waals surface area contributed by atoms with Crippen LogP contribution in [0.2, 0.25) is 0 Å². The molecule has 5 heteroatoms. The molecule has 5 nitrogen and oxygen atoms in total. The minimum absolute atomic E-state index is 0.233. The molecule has 2 saturated heterocycles. The molecule has 2 aliphatic rings. The Hall–Kier alpha value is -0.910. The zero-order valence-corrected chi connectivity index (χ0v) is 8.51. The molecule has 0 bridgehead atoms. The molecule has 4 atom stereocenters. The van der Waals surface area contributed by atoms with Crippen molar-refractivity contribution in [2.24, 2.45) is 0 Å². The number of hydrogen-bond donors (Lipinski definition) is 1. The van der Waals surface area contributed by atoms with E-state index in [2.05, 4.69) is 6.58 Å². The van der Waals surface area contributed by atoms with Gasteiger partial charge in [0.1, 0.15) is 18.3 Å².